The van der Waals surface area contributed by atoms with Gasteiger partial charge in [-0.25, -0.2) is 9.59 Å². The molecule has 30 heavy (non-hydrogen) atoms. The summed E-state index contributed by atoms with van der Waals surface area (Å²) in [6, 6.07) is 22.9. The molecule has 3 aromatic rings. The number of rotatable bonds is 5. The van der Waals surface area contributed by atoms with Crippen LogP contribution in [-0.4, -0.2) is 23.9 Å². The highest BCUT2D eigenvalue weighted by atomic mass is 16.6. The summed E-state index contributed by atoms with van der Waals surface area (Å²) in [7, 11) is 0. The van der Waals surface area contributed by atoms with Crippen LogP contribution in [0.2, 0.25) is 0 Å². The summed E-state index contributed by atoms with van der Waals surface area (Å²) in [5.41, 5.74) is 2.54. The van der Waals surface area contributed by atoms with E-state index in [0.29, 0.717) is 17.7 Å². The van der Waals surface area contributed by atoms with Crippen LogP contribution in [0.3, 0.4) is 0 Å². The lowest BCUT2D eigenvalue weighted by atomic mass is 9.99. The summed E-state index contributed by atoms with van der Waals surface area (Å²) in [5.74, 6) is -1.30. The van der Waals surface area contributed by atoms with Crippen LogP contribution in [0.5, 0.6) is 5.75 Å². The number of amides is 1. The number of esters is 2. The second-order valence-corrected chi connectivity index (χ2v) is 6.87. The van der Waals surface area contributed by atoms with Crippen molar-refractivity contribution in [3.8, 4) is 5.75 Å². The summed E-state index contributed by atoms with van der Waals surface area (Å²) >= 11 is 0. The molecule has 0 saturated carbocycles. The predicted octanol–water partition coefficient (Wildman–Crippen LogP) is 3.30. The number of ether oxygens (including phenoxy) is 2. The number of cyclic esters (lactones) is 1. The van der Waals surface area contributed by atoms with Crippen LogP contribution < -0.4 is 10.1 Å². The van der Waals surface area contributed by atoms with Crippen molar-refractivity contribution in [3.05, 3.63) is 101 Å². The number of nitrogens with one attached hydrogen (secondary N) is 1. The SMILES string of the molecule is O=C(NCc1ccccc1)c1cccc(OC(=O)C2Cc3ccccc3C(=O)O2)c1. The van der Waals surface area contributed by atoms with Gasteiger partial charge in [-0.15, -0.1) is 0 Å². The Morgan fingerprint density at radius 3 is 2.57 bits per heavy atom. The van der Waals surface area contributed by atoms with E-state index in [1.165, 1.54) is 6.07 Å². The molecule has 0 spiro atoms. The molecule has 1 unspecified atom stereocenters. The molecule has 1 aliphatic rings. The van der Waals surface area contributed by atoms with Gasteiger partial charge in [0.2, 0.25) is 6.10 Å². The molecule has 0 aromatic heterocycles. The van der Waals surface area contributed by atoms with Gasteiger partial charge < -0.3 is 14.8 Å². The summed E-state index contributed by atoms with van der Waals surface area (Å²) in [6.07, 6.45) is -0.777. The fourth-order valence-electron chi connectivity index (χ4n) is 3.23. The smallest absolute Gasteiger partial charge is 0.353 e. The minimum absolute atomic E-state index is 0.210. The van der Waals surface area contributed by atoms with E-state index in [1.54, 1.807) is 42.5 Å². The predicted molar refractivity (Wildman–Crippen MR) is 109 cm³/mol. The Morgan fingerprint density at radius 2 is 1.73 bits per heavy atom. The van der Waals surface area contributed by atoms with E-state index < -0.39 is 18.0 Å². The minimum Gasteiger partial charge on any atom is -0.446 e. The first kappa shape index (κ1) is 19.4. The molecule has 0 saturated heterocycles. The zero-order valence-corrected chi connectivity index (χ0v) is 16.0. The van der Waals surface area contributed by atoms with Crippen molar-refractivity contribution in [2.24, 2.45) is 0 Å². The van der Waals surface area contributed by atoms with Gasteiger partial charge in [0.25, 0.3) is 5.91 Å². The van der Waals surface area contributed by atoms with Crippen molar-refractivity contribution in [2.75, 3.05) is 0 Å². The third-order valence-corrected chi connectivity index (χ3v) is 4.77. The molecule has 4 rings (SSSR count). The lowest BCUT2D eigenvalue weighted by Gasteiger charge is -2.23. The summed E-state index contributed by atoms with van der Waals surface area (Å²) in [6.45, 7) is 0.390. The van der Waals surface area contributed by atoms with E-state index in [0.717, 1.165) is 11.1 Å². The highest BCUT2D eigenvalue weighted by molar-refractivity contribution is 5.96. The number of hydrogen-bond donors (Lipinski definition) is 1. The van der Waals surface area contributed by atoms with E-state index in [9.17, 15) is 14.4 Å². The maximum Gasteiger partial charge on any atom is 0.353 e. The van der Waals surface area contributed by atoms with E-state index >= 15 is 0 Å². The molecular formula is C24H19NO5. The maximum atomic E-state index is 12.5. The summed E-state index contributed by atoms with van der Waals surface area (Å²) < 4.78 is 10.6. The molecule has 6 heteroatoms. The molecule has 0 radical (unpaired) electrons. The van der Waals surface area contributed by atoms with Gasteiger partial charge in [-0.2, -0.15) is 0 Å². The van der Waals surface area contributed by atoms with Crippen LogP contribution in [0.4, 0.5) is 0 Å². The minimum atomic E-state index is -1.03. The van der Waals surface area contributed by atoms with Crippen molar-refractivity contribution < 1.29 is 23.9 Å². The van der Waals surface area contributed by atoms with Crippen molar-refractivity contribution in [1.82, 2.24) is 5.32 Å². The molecule has 1 N–H and O–H groups in total. The Kier molecular flexibility index (Phi) is 5.57. The second kappa shape index (κ2) is 8.61. The fourth-order valence-corrected chi connectivity index (χ4v) is 3.23. The standard InChI is InChI=1S/C24H19NO5/c26-22(25-15-16-7-2-1-3-8-16)18-10-6-11-19(13-18)29-24(28)21-14-17-9-4-5-12-20(17)23(27)30-21/h1-13,21H,14-15H2,(H,25,26). The average Bonchev–Trinajstić information content (AvgIpc) is 2.78. The third-order valence-electron chi connectivity index (χ3n) is 4.77. The maximum absolute atomic E-state index is 12.5. The largest absolute Gasteiger partial charge is 0.446 e. The lowest BCUT2D eigenvalue weighted by molar-refractivity contribution is -0.144. The first-order chi connectivity index (χ1) is 14.6. The van der Waals surface area contributed by atoms with Crippen molar-refractivity contribution in [1.29, 1.82) is 0 Å². The zero-order chi connectivity index (χ0) is 20.9. The number of fused-ring (bicyclic) bond motifs is 1. The second-order valence-electron chi connectivity index (χ2n) is 6.87. The van der Waals surface area contributed by atoms with E-state index in [4.69, 9.17) is 9.47 Å². The van der Waals surface area contributed by atoms with Crippen LogP contribution in [-0.2, 0) is 22.5 Å². The molecule has 3 aromatic carbocycles. The van der Waals surface area contributed by atoms with Crippen molar-refractivity contribution in [2.45, 2.75) is 19.1 Å². The highest BCUT2D eigenvalue weighted by Gasteiger charge is 2.32. The zero-order valence-electron chi connectivity index (χ0n) is 16.0. The molecule has 6 nitrogen and oxygen atoms in total. The summed E-state index contributed by atoms with van der Waals surface area (Å²) in [5, 5.41) is 2.83. The molecular weight excluding hydrogens is 382 g/mol. The first-order valence-corrected chi connectivity index (χ1v) is 9.53. The molecule has 1 aliphatic heterocycles. The molecule has 0 bridgehead atoms. The number of hydrogen-bond acceptors (Lipinski definition) is 5. The van der Waals surface area contributed by atoms with E-state index in [1.807, 2.05) is 30.3 Å². The molecule has 1 amide bonds. The van der Waals surface area contributed by atoms with Crippen molar-refractivity contribution >= 4 is 17.8 Å². The molecule has 1 heterocycles. The van der Waals surface area contributed by atoms with Gasteiger partial charge in [-0.05, 0) is 35.4 Å². The van der Waals surface area contributed by atoms with Gasteiger partial charge in [0.05, 0.1) is 5.56 Å². The number of carbonyl (C=O) groups excluding carboxylic acids is 3. The van der Waals surface area contributed by atoms with Gasteiger partial charge in [0.1, 0.15) is 5.75 Å². The lowest BCUT2D eigenvalue weighted by Crippen LogP contribution is -2.37. The quantitative estimate of drug-likeness (QED) is 0.524. The van der Waals surface area contributed by atoms with Gasteiger partial charge in [-0.3, -0.25) is 4.79 Å². The third kappa shape index (κ3) is 4.38. The Morgan fingerprint density at radius 1 is 0.967 bits per heavy atom. The molecule has 150 valence electrons. The van der Waals surface area contributed by atoms with Crippen LogP contribution >= 0.6 is 0 Å². The molecule has 1 atom stereocenters. The molecule has 0 aliphatic carbocycles. The van der Waals surface area contributed by atoms with Gasteiger partial charge in [-0.1, -0.05) is 54.6 Å². The van der Waals surface area contributed by atoms with Crippen LogP contribution in [0.1, 0.15) is 31.8 Å². The summed E-state index contributed by atoms with van der Waals surface area (Å²) in [4.78, 5) is 37.0. The Bertz CT molecular complexity index is 1090. The highest BCUT2D eigenvalue weighted by Crippen LogP contribution is 2.22. The van der Waals surface area contributed by atoms with E-state index in [-0.39, 0.29) is 18.1 Å². The van der Waals surface area contributed by atoms with Crippen LogP contribution in [0.25, 0.3) is 0 Å². The first-order valence-electron chi connectivity index (χ1n) is 9.53. The Balaban J connectivity index is 1.40. The normalized spacial score (nSPS) is 14.9. The molecule has 0 fully saturated rings. The Labute approximate surface area is 173 Å². The average molecular weight is 401 g/mol. The Hall–Kier alpha value is -3.93. The fraction of sp³-hybridized carbons (Fsp3) is 0.125. The van der Waals surface area contributed by atoms with Gasteiger partial charge >= 0.3 is 11.9 Å². The van der Waals surface area contributed by atoms with Crippen LogP contribution in [0, 0.1) is 0 Å². The topological polar surface area (TPSA) is 81.7 Å². The number of carbonyl (C=O) groups is 3. The van der Waals surface area contributed by atoms with Crippen molar-refractivity contribution in [3.63, 3.8) is 0 Å². The van der Waals surface area contributed by atoms with E-state index in [2.05, 4.69) is 5.32 Å². The van der Waals surface area contributed by atoms with Crippen LogP contribution in [0.15, 0.2) is 78.9 Å². The number of benzene rings is 3. The van der Waals surface area contributed by atoms with Gasteiger partial charge in [0.15, 0.2) is 0 Å². The van der Waals surface area contributed by atoms with Gasteiger partial charge in [0, 0.05) is 18.5 Å². The monoisotopic (exact) mass is 401 g/mol.